The van der Waals surface area contributed by atoms with Gasteiger partial charge >= 0.3 is 11.9 Å². The lowest BCUT2D eigenvalue weighted by Crippen LogP contribution is -2.07. The van der Waals surface area contributed by atoms with Crippen molar-refractivity contribution in [2.24, 2.45) is 0 Å². The fraction of sp³-hybridized carbons (Fsp3) is 0.0833. The first-order valence-corrected chi connectivity index (χ1v) is 5.96. The molecule has 0 spiro atoms. The highest BCUT2D eigenvalue weighted by atomic mass is 32.1. The van der Waals surface area contributed by atoms with Gasteiger partial charge in [0.25, 0.3) is 0 Å². The van der Waals surface area contributed by atoms with Crippen LogP contribution in [-0.2, 0) is 4.79 Å². The van der Waals surface area contributed by atoms with Gasteiger partial charge in [0.15, 0.2) is 0 Å². The first-order chi connectivity index (χ1) is 8.58. The van der Waals surface area contributed by atoms with Crippen LogP contribution in [0.5, 0.6) is 5.75 Å². The van der Waals surface area contributed by atoms with Gasteiger partial charge in [0, 0.05) is 17.9 Å². The van der Waals surface area contributed by atoms with Gasteiger partial charge in [-0.1, -0.05) is 0 Å². The van der Waals surface area contributed by atoms with Crippen LogP contribution in [0.4, 0.5) is 0 Å². The van der Waals surface area contributed by atoms with Crippen molar-refractivity contribution in [3.05, 3.63) is 34.7 Å². The topological polar surface area (TPSA) is 76.5 Å². The van der Waals surface area contributed by atoms with E-state index in [-0.39, 0.29) is 11.3 Å². The van der Waals surface area contributed by atoms with Crippen molar-refractivity contribution in [1.82, 2.24) is 4.98 Å². The van der Waals surface area contributed by atoms with Crippen LogP contribution in [0.3, 0.4) is 0 Å². The molecule has 5 nitrogen and oxygen atoms in total. The van der Waals surface area contributed by atoms with Crippen molar-refractivity contribution in [1.29, 1.82) is 0 Å². The third-order valence-electron chi connectivity index (χ3n) is 2.19. The molecule has 2 rings (SSSR count). The molecule has 1 aromatic carbocycles. The lowest BCUT2D eigenvalue weighted by molar-refractivity contribution is -0.131. The van der Waals surface area contributed by atoms with Gasteiger partial charge in [-0.25, -0.2) is 9.78 Å². The number of benzene rings is 1. The summed E-state index contributed by atoms with van der Waals surface area (Å²) in [6, 6.07) is 4.56. The SMILES string of the molecule is CC(=O)Oc1ccc(-c2cscn2)cc1C(=O)O. The number of aromatic nitrogens is 1. The number of rotatable bonds is 3. The number of aromatic carboxylic acids is 1. The van der Waals surface area contributed by atoms with Crippen LogP contribution in [0.25, 0.3) is 11.3 Å². The summed E-state index contributed by atoms with van der Waals surface area (Å²) in [6.45, 7) is 1.22. The molecule has 0 aliphatic heterocycles. The number of carbonyl (C=O) groups excluding carboxylic acids is 1. The molecule has 0 aliphatic rings. The van der Waals surface area contributed by atoms with Crippen LogP contribution in [0, 0.1) is 0 Å². The number of ether oxygens (including phenoxy) is 1. The second kappa shape index (κ2) is 4.97. The van der Waals surface area contributed by atoms with E-state index < -0.39 is 11.9 Å². The molecule has 18 heavy (non-hydrogen) atoms. The minimum absolute atomic E-state index is 0.0361. The van der Waals surface area contributed by atoms with Gasteiger partial charge in [0.2, 0.25) is 0 Å². The van der Waals surface area contributed by atoms with Gasteiger partial charge in [-0.3, -0.25) is 4.79 Å². The van der Waals surface area contributed by atoms with Gasteiger partial charge in [-0.15, -0.1) is 11.3 Å². The Kier molecular flexibility index (Phi) is 3.38. The quantitative estimate of drug-likeness (QED) is 0.679. The highest BCUT2D eigenvalue weighted by Crippen LogP contribution is 2.26. The number of carbonyl (C=O) groups is 2. The highest BCUT2D eigenvalue weighted by molar-refractivity contribution is 7.07. The number of thiazole rings is 1. The largest absolute Gasteiger partial charge is 0.478 e. The minimum Gasteiger partial charge on any atom is -0.478 e. The third kappa shape index (κ3) is 2.54. The molecule has 1 aromatic heterocycles. The van der Waals surface area contributed by atoms with Crippen molar-refractivity contribution in [3.8, 4) is 17.0 Å². The van der Waals surface area contributed by atoms with Crippen LogP contribution >= 0.6 is 11.3 Å². The lowest BCUT2D eigenvalue weighted by Gasteiger charge is -2.07. The molecule has 1 heterocycles. The van der Waals surface area contributed by atoms with E-state index >= 15 is 0 Å². The van der Waals surface area contributed by atoms with Crippen LogP contribution < -0.4 is 4.74 Å². The second-order valence-corrected chi connectivity index (χ2v) is 4.20. The number of carboxylic acids is 1. The molecule has 0 saturated heterocycles. The number of nitrogens with zero attached hydrogens (tertiary/aromatic N) is 1. The third-order valence-corrected chi connectivity index (χ3v) is 2.78. The zero-order valence-electron chi connectivity index (χ0n) is 9.41. The summed E-state index contributed by atoms with van der Waals surface area (Å²) < 4.78 is 4.84. The van der Waals surface area contributed by atoms with Crippen molar-refractivity contribution in [3.63, 3.8) is 0 Å². The van der Waals surface area contributed by atoms with Crippen LogP contribution in [-0.4, -0.2) is 22.0 Å². The van der Waals surface area contributed by atoms with Crippen LogP contribution in [0.2, 0.25) is 0 Å². The Morgan fingerprint density at radius 2 is 2.17 bits per heavy atom. The predicted octanol–water partition coefficient (Wildman–Crippen LogP) is 2.43. The summed E-state index contributed by atoms with van der Waals surface area (Å²) in [5.41, 5.74) is 2.97. The Hall–Kier alpha value is -2.21. The molecular weight excluding hydrogens is 254 g/mol. The summed E-state index contributed by atoms with van der Waals surface area (Å²) in [5, 5.41) is 10.9. The molecule has 0 unspecified atom stereocenters. The van der Waals surface area contributed by atoms with Gasteiger partial charge < -0.3 is 9.84 Å². The van der Waals surface area contributed by atoms with Crippen LogP contribution in [0.15, 0.2) is 29.1 Å². The first kappa shape index (κ1) is 12.3. The Morgan fingerprint density at radius 3 is 2.72 bits per heavy atom. The molecule has 0 saturated carbocycles. The maximum absolute atomic E-state index is 11.1. The van der Waals surface area contributed by atoms with Crippen LogP contribution in [0.1, 0.15) is 17.3 Å². The molecule has 0 amide bonds. The smallest absolute Gasteiger partial charge is 0.339 e. The maximum atomic E-state index is 11.1. The monoisotopic (exact) mass is 263 g/mol. The van der Waals surface area contributed by atoms with E-state index in [2.05, 4.69) is 4.98 Å². The normalized spacial score (nSPS) is 10.1. The van der Waals surface area contributed by atoms with Crippen molar-refractivity contribution >= 4 is 23.3 Å². The van der Waals surface area contributed by atoms with Crippen molar-refractivity contribution in [2.75, 3.05) is 0 Å². The number of carboxylic acid groups (broad SMARTS) is 1. The summed E-state index contributed by atoms with van der Waals surface area (Å²) in [4.78, 5) is 26.1. The summed E-state index contributed by atoms with van der Waals surface area (Å²) in [5.74, 6) is -1.67. The molecule has 0 atom stereocenters. The van der Waals surface area contributed by atoms with E-state index in [4.69, 9.17) is 9.84 Å². The van der Waals surface area contributed by atoms with Gasteiger partial charge in [0.05, 0.1) is 11.2 Å². The molecule has 0 bridgehead atoms. The zero-order chi connectivity index (χ0) is 13.1. The summed E-state index contributed by atoms with van der Waals surface area (Å²) in [7, 11) is 0. The Balaban J connectivity index is 2.46. The van der Waals surface area contributed by atoms with Gasteiger partial charge in [0.1, 0.15) is 11.3 Å². The van der Waals surface area contributed by atoms with Gasteiger partial charge in [-0.05, 0) is 18.2 Å². The first-order valence-electron chi connectivity index (χ1n) is 5.02. The fourth-order valence-electron chi connectivity index (χ4n) is 1.46. The number of hydrogen-bond donors (Lipinski definition) is 1. The Labute approximate surface area is 107 Å². The Bertz CT molecular complexity index is 592. The second-order valence-electron chi connectivity index (χ2n) is 3.48. The van der Waals surface area contributed by atoms with E-state index in [0.29, 0.717) is 11.3 Å². The average molecular weight is 263 g/mol. The standard InChI is InChI=1S/C12H9NO4S/c1-7(14)17-11-3-2-8(4-9(11)12(15)16)10-5-18-6-13-10/h2-6H,1H3,(H,15,16). The summed E-state index contributed by atoms with van der Waals surface area (Å²) >= 11 is 1.42. The summed E-state index contributed by atoms with van der Waals surface area (Å²) in [6.07, 6.45) is 0. The molecular formula is C12H9NO4S. The van der Waals surface area contributed by atoms with Crippen molar-refractivity contribution < 1.29 is 19.4 Å². The molecule has 1 N–H and O–H groups in total. The fourth-order valence-corrected chi connectivity index (χ4v) is 2.02. The number of esters is 1. The van der Waals surface area contributed by atoms with E-state index in [1.165, 1.54) is 30.4 Å². The molecule has 2 aromatic rings. The van der Waals surface area contributed by atoms with E-state index in [1.54, 1.807) is 11.6 Å². The predicted molar refractivity (Wildman–Crippen MR) is 65.8 cm³/mol. The molecule has 6 heteroatoms. The lowest BCUT2D eigenvalue weighted by atomic mass is 10.1. The molecule has 92 valence electrons. The minimum atomic E-state index is -1.15. The Morgan fingerprint density at radius 1 is 1.39 bits per heavy atom. The van der Waals surface area contributed by atoms with E-state index in [9.17, 15) is 9.59 Å². The average Bonchev–Trinajstić information content (AvgIpc) is 2.82. The zero-order valence-corrected chi connectivity index (χ0v) is 10.2. The van der Waals surface area contributed by atoms with E-state index in [1.807, 2.05) is 5.38 Å². The molecule has 0 fully saturated rings. The molecule has 0 radical (unpaired) electrons. The number of hydrogen-bond acceptors (Lipinski definition) is 5. The van der Waals surface area contributed by atoms with E-state index in [0.717, 1.165) is 0 Å². The highest BCUT2D eigenvalue weighted by Gasteiger charge is 2.15. The van der Waals surface area contributed by atoms with Crippen molar-refractivity contribution in [2.45, 2.75) is 6.92 Å². The maximum Gasteiger partial charge on any atom is 0.339 e. The van der Waals surface area contributed by atoms with Gasteiger partial charge in [-0.2, -0.15) is 0 Å². The molecule has 0 aliphatic carbocycles.